The van der Waals surface area contributed by atoms with Gasteiger partial charge in [-0.3, -0.25) is 4.90 Å². The third-order valence-electron chi connectivity index (χ3n) is 4.48. The predicted molar refractivity (Wildman–Crippen MR) is 76.3 cm³/mol. The van der Waals surface area contributed by atoms with Crippen LogP contribution in [0.4, 0.5) is 0 Å². The first-order valence-electron chi connectivity index (χ1n) is 7.22. The molecule has 1 N–H and O–H groups in total. The summed E-state index contributed by atoms with van der Waals surface area (Å²) in [6.45, 7) is 16.5. The Kier molecular flexibility index (Phi) is 6.21. The van der Waals surface area contributed by atoms with Crippen LogP contribution in [0.1, 0.15) is 40.5 Å². The maximum atomic E-state index is 3.90. The number of piperazine rings is 1. The van der Waals surface area contributed by atoms with Crippen LogP contribution in [0.2, 0.25) is 0 Å². The van der Waals surface area contributed by atoms with E-state index in [4.69, 9.17) is 0 Å². The molecule has 1 saturated heterocycles. The van der Waals surface area contributed by atoms with E-state index in [0.29, 0.717) is 12.1 Å². The average Bonchev–Trinajstić information content (AvgIpc) is 2.37. The van der Waals surface area contributed by atoms with E-state index in [2.05, 4.69) is 44.5 Å². The van der Waals surface area contributed by atoms with Crippen LogP contribution in [0, 0.1) is 11.8 Å². The summed E-state index contributed by atoms with van der Waals surface area (Å²) < 4.78 is 0. The number of hydrogen-bond acceptors (Lipinski definition) is 2. The molecule has 0 radical (unpaired) electrons. The summed E-state index contributed by atoms with van der Waals surface area (Å²) in [5.74, 6) is 1.53. The zero-order chi connectivity index (χ0) is 12.8. The highest BCUT2D eigenvalue weighted by atomic mass is 15.2. The van der Waals surface area contributed by atoms with Gasteiger partial charge >= 0.3 is 0 Å². The molecule has 0 spiro atoms. The summed E-state index contributed by atoms with van der Waals surface area (Å²) in [4.78, 5) is 2.62. The van der Waals surface area contributed by atoms with Gasteiger partial charge in [-0.1, -0.05) is 46.6 Å². The van der Waals surface area contributed by atoms with Crippen LogP contribution < -0.4 is 5.32 Å². The van der Waals surface area contributed by atoms with Crippen molar-refractivity contribution in [2.45, 2.75) is 52.6 Å². The first-order chi connectivity index (χ1) is 8.13. The van der Waals surface area contributed by atoms with Crippen molar-refractivity contribution >= 4 is 0 Å². The van der Waals surface area contributed by atoms with Gasteiger partial charge in [-0.15, -0.1) is 6.58 Å². The molecule has 1 aliphatic heterocycles. The Morgan fingerprint density at radius 3 is 2.47 bits per heavy atom. The Bertz CT molecular complexity index is 227. The lowest BCUT2D eigenvalue weighted by atomic mass is 9.90. The van der Waals surface area contributed by atoms with Gasteiger partial charge in [0, 0.05) is 31.7 Å². The molecule has 1 aliphatic rings. The number of rotatable bonds is 6. The molecule has 0 aromatic rings. The monoisotopic (exact) mass is 238 g/mol. The normalized spacial score (nSPS) is 29.9. The van der Waals surface area contributed by atoms with Gasteiger partial charge in [0.15, 0.2) is 0 Å². The van der Waals surface area contributed by atoms with Crippen LogP contribution in [0.15, 0.2) is 12.7 Å². The summed E-state index contributed by atoms with van der Waals surface area (Å²) in [5, 5.41) is 3.75. The van der Waals surface area contributed by atoms with Crippen molar-refractivity contribution < 1.29 is 0 Å². The second-order valence-corrected chi connectivity index (χ2v) is 5.60. The molecule has 0 aromatic heterocycles. The van der Waals surface area contributed by atoms with Gasteiger partial charge in [0.25, 0.3) is 0 Å². The van der Waals surface area contributed by atoms with Crippen LogP contribution in [-0.2, 0) is 0 Å². The summed E-state index contributed by atoms with van der Waals surface area (Å²) in [5.41, 5.74) is 0. The standard InChI is InChI=1S/C15H30N2/c1-6-9-17-11-14(12(4)7-2)16-10-15(17)13(5)8-3/h6,12-16H,1,7-11H2,2-5H3. The molecule has 1 fully saturated rings. The van der Waals surface area contributed by atoms with E-state index in [0.717, 1.165) is 24.9 Å². The molecular weight excluding hydrogens is 208 g/mol. The van der Waals surface area contributed by atoms with Gasteiger partial charge in [0.2, 0.25) is 0 Å². The fraction of sp³-hybridized carbons (Fsp3) is 0.867. The SMILES string of the molecule is C=CCN1CC(C(C)CC)NCC1C(C)CC. The minimum atomic E-state index is 0.653. The molecule has 2 heteroatoms. The van der Waals surface area contributed by atoms with Crippen molar-refractivity contribution in [2.75, 3.05) is 19.6 Å². The Labute approximate surface area is 107 Å². The van der Waals surface area contributed by atoms with Crippen molar-refractivity contribution in [1.29, 1.82) is 0 Å². The predicted octanol–water partition coefficient (Wildman–Crippen LogP) is 2.91. The van der Waals surface area contributed by atoms with Crippen LogP contribution >= 0.6 is 0 Å². The van der Waals surface area contributed by atoms with Crippen molar-refractivity contribution in [3.05, 3.63) is 12.7 Å². The third-order valence-corrected chi connectivity index (χ3v) is 4.48. The topological polar surface area (TPSA) is 15.3 Å². The Morgan fingerprint density at radius 2 is 1.94 bits per heavy atom. The first-order valence-corrected chi connectivity index (χ1v) is 7.22. The summed E-state index contributed by atoms with van der Waals surface area (Å²) in [6.07, 6.45) is 4.57. The lowest BCUT2D eigenvalue weighted by Crippen LogP contribution is -2.60. The minimum Gasteiger partial charge on any atom is -0.311 e. The lowest BCUT2D eigenvalue weighted by Gasteiger charge is -2.44. The average molecular weight is 238 g/mol. The molecule has 0 aromatic carbocycles. The molecular formula is C15H30N2. The van der Waals surface area contributed by atoms with Crippen LogP contribution in [0.3, 0.4) is 0 Å². The second-order valence-electron chi connectivity index (χ2n) is 5.60. The second kappa shape index (κ2) is 7.17. The Morgan fingerprint density at radius 1 is 1.29 bits per heavy atom. The molecule has 100 valence electrons. The maximum Gasteiger partial charge on any atom is 0.0250 e. The van der Waals surface area contributed by atoms with Gasteiger partial charge < -0.3 is 5.32 Å². The van der Waals surface area contributed by atoms with E-state index < -0.39 is 0 Å². The van der Waals surface area contributed by atoms with Gasteiger partial charge in [0.05, 0.1) is 0 Å². The van der Waals surface area contributed by atoms with Crippen molar-refractivity contribution in [2.24, 2.45) is 11.8 Å². The highest BCUT2D eigenvalue weighted by Crippen LogP contribution is 2.21. The van der Waals surface area contributed by atoms with E-state index in [1.165, 1.54) is 19.4 Å². The highest BCUT2D eigenvalue weighted by Gasteiger charge is 2.31. The van der Waals surface area contributed by atoms with Crippen LogP contribution in [0.5, 0.6) is 0 Å². The van der Waals surface area contributed by atoms with Gasteiger partial charge in [-0.05, 0) is 11.8 Å². The maximum absolute atomic E-state index is 3.90. The van der Waals surface area contributed by atoms with Crippen molar-refractivity contribution in [3.63, 3.8) is 0 Å². The Balaban J connectivity index is 2.63. The Hall–Kier alpha value is -0.340. The van der Waals surface area contributed by atoms with Crippen LogP contribution in [0.25, 0.3) is 0 Å². The lowest BCUT2D eigenvalue weighted by molar-refractivity contribution is 0.0871. The minimum absolute atomic E-state index is 0.653. The van der Waals surface area contributed by atoms with Crippen LogP contribution in [-0.4, -0.2) is 36.6 Å². The first kappa shape index (κ1) is 14.7. The smallest absolute Gasteiger partial charge is 0.0250 e. The summed E-state index contributed by atoms with van der Waals surface area (Å²) >= 11 is 0. The molecule has 2 nitrogen and oxygen atoms in total. The highest BCUT2D eigenvalue weighted by molar-refractivity contribution is 4.92. The number of nitrogens with zero attached hydrogens (tertiary/aromatic N) is 1. The summed E-state index contributed by atoms with van der Waals surface area (Å²) in [7, 11) is 0. The quantitative estimate of drug-likeness (QED) is 0.716. The van der Waals surface area contributed by atoms with Gasteiger partial charge in [-0.25, -0.2) is 0 Å². The molecule has 4 unspecified atom stereocenters. The van der Waals surface area contributed by atoms with Crippen molar-refractivity contribution in [1.82, 2.24) is 10.2 Å². The largest absolute Gasteiger partial charge is 0.311 e. The van der Waals surface area contributed by atoms with Gasteiger partial charge in [0.1, 0.15) is 0 Å². The fourth-order valence-corrected chi connectivity index (χ4v) is 2.73. The van der Waals surface area contributed by atoms with Gasteiger partial charge in [-0.2, -0.15) is 0 Å². The third kappa shape index (κ3) is 3.82. The van der Waals surface area contributed by atoms with E-state index in [1.54, 1.807) is 0 Å². The molecule has 0 aliphatic carbocycles. The molecule has 17 heavy (non-hydrogen) atoms. The van der Waals surface area contributed by atoms with E-state index in [9.17, 15) is 0 Å². The molecule has 0 bridgehead atoms. The molecule has 0 amide bonds. The van der Waals surface area contributed by atoms with E-state index in [1.807, 2.05) is 6.08 Å². The van der Waals surface area contributed by atoms with Crippen molar-refractivity contribution in [3.8, 4) is 0 Å². The molecule has 4 atom stereocenters. The molecule has 1 rings (SSSR count). The number of nitrogens with one attached hydrogen (secondary N) is 1. The summed E-state index contributed by atoms with van der Waals surface area (Å²) in [6, 6.07) is 1.33. The number of hydrogen-bond donors (Lipinski definition) is 1. The molecule has 0 saturated carbocycles. The zero-order valence-corrected chi connectivity index (χ0v) is 12.1. The van der Waals surface area contributed by atoms with E-state index in [-0.39, 0.29) is 0 Å². The zero-order valence-electron chi connectivity index (χ0n) is 12.1. The fourth-order valence-electron chi connectivity index (χ4n) is 2.73. The molecule has 1 heterocycles. The van der Waals surface area contributed by atoms with E-state index >= 15 is 0 Å².